The zero-order valence-corrected chi connectivity index (χ0v) is 19.8. The van der Waals surface area contributed by atoms with E-state index in [9.17, 15) is 4.79 Å². The van der Waals surface area contributed by atoms with Crippen LogP contribution in [0.5, 0.6) is 0 Å². The minimum atomic E-state index is -0.259. The maximum Gasteiger partial charge on any atom is 0.245 e. The van der Waals surface area contributed by atoms with Crippen LogP contribution in [0.4, 0.5) is 5.95 Å². The molecular weight excluding hydrogens is 390 g/mol. The molecule has 3 heterocycles. The number of likely N-dealkylation sites (tertiary alicyclic amines) is 1. The third kappa shape index (κ3) is 4.84. The van der Waals surface area contributed by atoms with Crippen LogP contribution in [-0.2, 0) is 10.2 Å². The van der Waals surface area contributed by atoms with Crippen LogP contribution in [0.2, 0.25) is 0 Å². The van der Waals surface area contributed by atoms with Crippen molar-refractivity contribution in [3.8, 4) is 0 Å². The van der Waals surface area contributed by atoms with Gasteiger partial charge in [-0.25, -0.2) is 9.97 Å². The number of nitrogens with zero attached hydrogens (tertiary/aromatic N) is 5. The fourth-order valence-electron chi connectivity index (χ4n) is 4.78. The molecule has 1 saturated heterocycles. The molecule has 2 aromatic rings. The summed E-state index contributed by atoms with van der Waals surface area (Å²) in [5, 5.41) is 11.8. The monoisotopic (exact) mass is 427 g/mol. The average Bonchev–Trinajstić information content (AvgIpc) is 3.26. The second-order valence-corrected chi connectivity index (χ2v) is 11.2. The lowest BCUT2D eigenvalue weighted by molar-refractivity contribution is -0.131. The fraction of sp³-hybridized carbons (Fsp3) is 0.739. The lowest BCUT2D eigenvalue weighted by atomic mass is 9.89. The molecular formula is C23H37N7O. The maximum atomic E-state index is 13.2. The average molecular weight is 428 g/mol. The van der Waals surface area contributed by atoms with E-state index in [1.165, 1.54) is 6.33 Å². The summed E-state index contributed by atoms with van der Waals surface area (Å²) in [6.07, 6.45) is 6.71. The highest BCUT2D eigenvalue weighted by atomic mass is 16.2. The van der Waals surface area contributed by atoms with Crippen LogP contribution in [0.1, 0.15) is 79.3 Å². The van der Waals surface area contributed by atoms with Crippen LogP contribution in [0, 0.1) is 0 Å². The van der Waals surface area contributed by atoms with Crippen molar-refractivity contribution in [3.63, 3.8) is 0 Å². The molecule has 1 saturated carbocycles. The Kier molecular flexibility index (Phi) is 5.70. The van der Waals surface area contributed by atoms with Gasteiger partial charge in [-0.1, -0.05) is 20.8 Å². The van der Waals surface area contributed by atoms with Gasteiger partial charge in [0.25, 0.3) is 0 Å². The number of carbonyl (C=O) groups excluding carboxylic acids is 1. The minimum absolute atomic E-state index is 0.0777. The summed E-state index contributed by atoms with van der Waals surface area (Å²) < 4.78 is 1.72. The van der Waals surface area contributed by atoms with Crippen molar-refractivity contribution in [1.82, 2.24) is 29.8 Å². The third-order valence-electron chi connectivity index (χ3n) is 6.35. The normalized spacial score (nSPS) is 25.4. The van der Waals surface area contributed by atoms with Gasteiger partial charge in [-0.2, -0.15) is 9.61 Å². The van der Waals surface area contributed by atoms with Crippen molar-refractivity contribution >= 4 is 17.5 Å². The number of hydrogen-bond acceptors (Lipinski definition) is 6. The van der Waals surface area contributed by atoms with Gasteiger partial charge in [-0.3, -0.25) is 4.79 Å². The van der Waals surface area contributed by atoms with Crippen LogP contribution < -0.4 is 10.6 Å². The van der Waals surface area contributed by atoms with Gasteiger partial charge < -0.3 is 15.5 Å². The number of carbonyl (C=O) groups is 1. The van der Waals surface area contributed by atoms with Crippen LogP contribution >= 0.6 is 0 Å². The van der Waals surface area contributed by atoms with Crippen LogP contribution in [0.25, 0.3) is 5.65 Å². The Morgan fingerprint density at radius 1 is 1.00 bits per heavy atom. The number of nitrogens with one attached hydrogen (secondary N) is 2. The molecule has 1 amide bonds. The first kappa shape index (κ1) is 22.0. The molecule has 31 heavy (non-hydrogen) atoms. The topological polar surface area (TPSA) is 87.4 Å². The first-order chi connectivity index (χ1) is 14.5. The number of fused-ring (bicyclic) bond motifs is 1. The van der Waals surface area contributed by atoms with E-state index in [0.717, 1.165) is 50.0 Å². The maximum absolute atomic E-state index is 13.2. The Morgan fingerprint density at radius 2 is 1.71 bits per heavy atom. The molecule has 4 rings (SSSR count). The van der Waals surface area contributed by atoms with Gasteiger partial charge in [0.1, 0.15) is 12.4 Å². The van der Waals surface area contributed by atoms with E-state index in [0.29, 0.717) is 18.0 Å². The summed E-state index contributed by atoms with van der Waals surface area (Å²) in [5.74, 6) is 0.765. The first-order valence-electron chi connectivity index (χ1n) is 11.6. The van der Waals surface area contributed by atoms with E-state index in [1.807, 2.05) is 6.07 Å². The van der Waals surface area contributed by atoms with Crippen molar-refractivity contribution < 1.29 is 4.79 Å². The fourth-order valence-corrected chi connectivity index (χ4v) is 4.78. The van der Waals surface area contributed by atoms with Gasteiger partial charge in [0.05, 0.1) is 5.69 Å². The Labute approximate surface area is 185 Å². The highest BCUT2D eigenvalue weighted by molar-refractivity contribution is 5.86. The highest BCUT2D eigenvalue weighted by Crippen LogP contribution is 2.29. The van der Waals surface area contributed by atoms with Crippen LogP contribution in [0.15, 0.2) is 12.4 Å². The van der Waals surface area contributed by atoms with Gasteiger partial charge in [0.2, 0.25) is 11.9 Å². The molecule has 1 atom stereocenters. The molecule has 0 aromatic carbocycles. The van der Waals surface area contributed by atoms with Gasteiger partial charge >= 0.3 is 0 Å². The lowest BCUT2D eigenvalue weighted by Crippen LogP contribution is -2.49. The number of rotatable bonds is 4. The standard InChI is InChI=1S/C23H37N7O/c1-22(2,3)18-13-19-24-14-25-21(30(19)28-18)26-17-11-12-29(20(17)31)16-9-7-15(8-10-16)27-23(4,5)6/h13-17,27H,7-12H2,1-6H3,(H,24,25,26)/t15-,16+,17?. The quantitative estimate of drug-likeness (QED) is 0.779. The number of amides is 1. The highest BCUT2D eigenvalue weighted by Gasteiger charge is 2.38. The first-order valence-corrected chi connectivity index (χ1v) is 11.6. The molecule has 0 bridgehead atoms. The Balaban J connectivity index is 1.41. The van der Waals surface area contributed by atoms with E-state index < -0.39 is 0 Å². The predicted octanol–water partition coefficient (Wildman–Crippen LogP) is 3.13. The molecule has 2 aliphatic rings. The third-order valence-corrected chi connectivity index (χ3v) is 6.35. The van der Waals surface area contributed by atoms with E-state index in [4.69, 9.17) is 5.10 Å². The van der Waals surface area contributed by atoms with E-state index in [1.54, 1.807) is 4.52 Å². The van der Waals surface area contributed by atoms with Crippen molar-refractivity contribution in [2.75, 3.05) is 11.9 Å². The second kappa shape index (κ2) is 8.04. The molecule has 8 nitrogen and oxygen atoms in total. The van der Waals surface area contributed by atoms with Crippen molar-refractivity contribution in [1.29, 1.82) is 0 Å². The predicted molar refractivity (Wildman–Crippen MR) is 122 cm³/mol. The zero-order chi connectivity index (χ0) is 22.4. The molecule has 170 valence electrons. The summed E-state index contributed by atoms with van der Waals surface area (Å²) in [6, 6.07) is 2.62. The molecule has 1 unspecified atom stereocenters. The lowest BCUT2D eigenvalue weighted by Gasteiger charge is -2.37. The number of aromatic nitrogens is 4. The smallest absolute Gasteiger partial charge is 0.245 e. The van der Waals surface area contributed by atoms with E-state index in [-0.39, 0.29) is 22.9 Å². The summed E-state index contributed by atoms with van der Waals surface area (Å²) in [4.78, 5) is 24.0. The summed E-state index contributed by atoms with van der Waals surface area (Å²) in [7, 11) is 0. The SMILES string of the molecule is CC(C)(C)N[C@H]1CC[C@@H](N2CCC(Nc3ncnc4cc(C(C)(C)C)nn34)C2=O)CC1. The molecule has 1 aliphatic carbocycles. The Morgan fingerprint density at radius 3 is 2.35 bits per heavy atom. The molecule has 8 heteroatoms. The summed E-state index contributed by atoms with van der Waals surface area (Å²) in [6.45, 7) is 13.8. The molecule has 2 N–H and O–H groups in total. The van der Waals surface area contributed by atoms with Gasteiger partial charge in [-0.15, -0.1) is 0 Å². The van der Waals surface area contributed by atoms with Crippen molar-refractivity contribution in [3.05, 3.63) is 18.1 Å². The van der Waals surface area contributed by atoms with Crippen molar-refractivity contribution in [2.24, 2.45) is 0 Å². The van der Waals surface area contributed by atoms with E-state index >= 15 is 0 Å². The van der Waals surface area contributed by atoms with Gasteiger partial charge in [0, 0.05) is 35.6 Å². The molecule has 0 radical (unpaired) electrons. The Hall–Kier alpha value is -2.22. The second-order valence-electron chi connectivity index (χ2n) is 11.2. The largest absolute Gasteiger partial charge is 0.342 e. The molecule has 1 aliphatic heterocycles. The van der Waals surface area contributed by atoms with Crippen LogP contribution in [0.3, 0.4) is 0 Å². The number of anilines is 1. The molecule has 2 fully saturated rings. The molecule has 2 aromatic heterocycles. The summed E-state index contributed by atoms with van der Waals surface area (Å²) in [5.41, 5.74) is 1.76. The zero-order valence-electron chi connectivity index (χ0n) is 19.8. The summed E-state index contributed by atoms with van der Waals surface area (Å²) >= 11 is 0. The van der Waals surface area contributed by atoms with Gasteiger partial charge in [-0.05, 0) is 52.9 Å². The van der Waals surface area contributed by atoms with E-state index in [2.05, 4.69) is 67.0 Å². The van der Waals surface area contributed by atoms with Crippen molar-refractivity contribution in [2.45, 2.75) is 103 Å². The minimum Gasteiger partial charge on any atom is -0.342 e. The molecule has 0 spiro atoms. The number of hydrogen-bond donors (Lipinski definition) is 2. The van der Waals surface area contributed by atoms with Crippen LogP contribution in [-0.4, -0.2) is 60.6 Å². The Bertz CT molecular complexity index is 932. The van der Waals surface area contributed by atoms with Gasteiger partial charge in [0.15, 0.2) is 5.65 Å².